The first kappa shape index (κ1) is 25.2. The number of halogens is 1. The van der Waals surface area contributed by atoms with E-state index in [1.165, 1.54) is 18.9 Å². The highest BCUT2D eigenvalue weighted by atomic mass is 19.1. The number of carbonyl (C=O) groups excluding carboxylic acids is 1. The van der Waals surface area contributed by atoms with Crippen LogP contribution in [0.2, 0.25) is 0 Å². The molecule has 2 aromatic heterocycles. The van der Waals surface area contributed by atoms with Crippen molar-refractivity contribution in [1.82, 2.24) is 20.2 Å². The summed E-state index contributed by atoms with van der Waals surface area (Å²) in [5, 5.41) is 16.7. The third-order valence-electron chi connectivity index (χ3n) is 7.09. The normalized spacial score (nSPS) is 16.5. The van der Waals surface area contributed by atoms with E-state index in [1.54, 1.807) is 24.5 Å². The van der Waals surface area contributed by atoms with Crippen molar-refractivity contribution in [1.29, 1.82) is 0 Å². The maximum atomic E-state index is 15.0. The van der Waals surface area contributed by atoms with Gasteiger partial charge in [0.25, 0.3) is 5.91 Å². The molecule has 1 aliphatic carbocycles. The van der Waals surface area contributed by atoms with Gasteiger partial charge in [-0.1, -0.05) is 0 Å². The Morgan fingerprint density at radius 1 is 1.35 bits per heavy atom. The number of hydrogen-bond acceptors (Lipinski definition) is 8. The van der Waals surface area contributed by atoms with E-state index in [0.717, 1.165) is 24.0 Å². The summed E-state index contributed by atoms with van der Waals surface area (Å²) in [6.45, 7) is 3.60. The average molecular weight is 510 g/mol. The number of rotatable bonds is 10. The summed E-state index contributed by atoms with van der Waals surface area (Å²) in [5.41, 5.74) is 2.97. The standard InChI is InChI=1S/C27H32FN5O4/c1-17-22-6-8-33(14-23(22)24(28)10-25(17)36-15-21-12-29-16-37-21)13-20(34)11-31-27(35)18-5-7-30-26(9-18)32-19-3-2-4-19/h5,7,9-10,12,16,19-20,34H,2-4,6,8,11,13-15H2,1H3,(H,30,32)(H,31,35)/t20-/m1/s1. The second-order valence-electron chi connectivity index (χ2n) is 9.75. The Morgan fingerprint density at radius 3 is 2.97 bits per heavy atom. The lowest BCUT2D eigenvalue weighted by molar-refractivity contribution is 0.0839. The maximum absolute atomic E-state index is 15.0. The zero-order valence-electron chi connectivity index (χ0n) is 20.9. The fourth-order valence-electron chi connectivity index (χ4n) is 4.77. The summed E-state index contributed by atoms with van der Waals surface area (Å²) in [6, 6.07) is 5.22. The van der Waals surface area contributed by atoms with Gasteiger partial charge in [-0.2, -0.15) is 0 Å². The molecule has 0 radical (unpaired) electrons. The first-order valence-electron chi connectivity index (χ1n) is 12.7. The Kier molecular flexibility index (Phi) is 7.66. The summed E-state index contributed by atoms with van der Waals surface area (Å²) in [6.07, 6.45) is 7.82. The Hall–Kier alpha value is -3.50. The minimum Gasteiger partial charge on any atom is -0.485 e. The van der Waals surface area contributed by atoms with E-state index in [0.29, 0.717) is 60.6 Å². The lowest BCUT2D eigenvalue weighted by Gasteiger charge is -2.32. The molecule has 0 bridgehead atoms. The highest BCUT2D eigenvalue weighted by Crippen LogP contribution is 2.32. The van der Waals surface area contributed by atoms with E-state index < -0.39 is 6.10 Å². The number of benzene rings is 1. The van der Waals surface area contributed by atoms with Gasteiger partial charge in [0, 0.05) is 55.6 Å². The van der Waals surface area contributed by atoms with Crippen LogP contribution in [0.25, 0.3) is 0 Å². The van der Waals surface area contributed by atoms with Crippen molar-refractivity contribution >= 4 is 11.7 Å². The van der Waals surface area contributed by atoms with Crippen LogP contribution in [0.4, 0.5) is 10.2 Å². The molecule has 196 valence electrons. The third-order valence-corrected chi connectivity index (χ3v) is 7.09. The van der Waals surface area contributed by atoms with E-state index in [9.17, 15) is 14.3 Å². The van der Waals surface area contributed by atoms with Gasteiger partial charge < -0.3 is 24.9 Å². The fourth-order valence-corrected chi connectivity index (χ4v) is 4.77. The van der Waals surface area contributed by atoms with Gasteiger partial charge >= 0.3 is 0 Å². The van der Waals surface area contributed by atoms with Crippen molar-refractivity contribution in [2.24, 2.45) is 0 Å². The molecule has 37 heavy (non-hydrogen) atoms. The number of β-amino-alcohol motifs (C(OH)–C–C–N with tert-alkyl or cyclic N) is 1. The number of aliphatic hydroxyl groups excluding tert-OH is 1. The molecule has 5 rings (SSSR count). The molecule has 3 heterocycles. The third kappa shape index (κ3) is 6.08. The number of ether oxygens (including phenoxy) is 1. The molecule has 1 aromatic carbocycles. The number of aromatic nitrogens is 2. The van der Waals surface area contributed by atoms with Gasteiger partial charge in [0.1, 0.15) is 24.0 Å². The van der Waals surface area contributed by atoms with Crippen molar-refractivity contribution in [2.45, 2.75) is 57.9 Å². The molecule has 1 saturated carbocycles. The minimum absolute atomic E-state index is 0.103. The maximum Gasteiger partial charge on any atom is 0.251 e. The molecule has 1 atom stereocenters. The van der Waals surface area contributed by atoms with Crippen molar-refractivity contribution in [3.63, 3.8) is 0 Å². The van der Waals surface area contributed by atoms with Crippen LogP contribution in [0.3, 0.4) is 0 Å². The number of fused-ring (bicyclic) bond motifs is 1. The molecule has 3 aromatic rings. The van der Waals surface area contributed by atoms with Crippen molar-refractivity contribution in [3.8, 4) is 5.75 Å². The molecule has 10 heteroatoms. The lowest BCUT2D eigenvalue weighted by Crippen LogP contribution is -2.42. The molecular weight excluding hydrogens is 477 g/mol. The number of amides is 1. The van der Waals surface area contributed by atoms with Crippen LogP contribution < -0.4 is 15.4 Å². The van der Waals surface area contributed by atoms with Crippen LogP contribution in [0, 0.1) is 12.7 Å². The molecular formula is C27H32FN5O4. The Bertz CT molecular complexity index is 1230. The highest BCUT2D eigenvalue weighted by molar-refractivity contribution is 5.94. The molecule has 1 aliphatic heterocycles. The molecule has 2 aliphatic rings. The highest BCUT2D eigenvalue weighted by Gasteiger charge is 2.25. The van der Waals surface area contributed by atoms with Crippen LogP contribution in [0.5, 0.6) is 5.75 Å². The monoisotopic (exact) mass is 509 g/mol. The van der Waals surface area contributed by atoms with E-state index in [-0.39, 0.29) is 24.9 Å². The largest absolute Gasteiger partial charge is 0.485 e. The molecule has 3 N–H and O–H groups in total. The molecule has 0 unspecified atom stereocenters. The summed E-state index contributed by atoms with van der Waals surface area (Å²) < 4.78 is 25.9. The Balaban J connectivity index is 1.13. The van der Waals surface area contributed by atoms with Crippen LogP contribution in [-0.4, -0.2) is 57.7 Å². The molecule has 0 saturated heterocycles. The number of carbonyl (C=O) groups is 1. The smallest absolute Gasteiger partial charge is 0.251 e. The van der Waals surface area contributed by atoms with Crippen molar-refractivity contribution in [2.75, 3.05) is 25.0 Å². The van der Waals surface area contributed by atoms with Crippen LogP contribution in [0.1, 0.15) is 52.1 Å². The van der Waals surface area contributed by atoms with E-state index in [1.807, 2.05) is 11.8 Å². The van der Waals surface area contributed by atoms with Crippen molar-refractivity contribution < 1.29 is 23.4 Å². The van der Waals surface area contributed by atoms with Crippen LogP contribution in [-0.2, 0) is 19.6 Å². The SMILES string of the molecule is Cc1c(OCc2cnco2)cc(F)c2c1CCN(C[C@H](O)CNC(=O)c1ccnc(NC3CCC3)c1)C2. The van der Waals surface area contributed by atoms with Crippen LogP contribution in [0.15, 0.2) is 41.4 Å². The van der Waals surface area contributed by atoms with Gasteiger partial charge in [-0.05, 0) is 55.9 Å². The second kappa shape index (κ2) is 11.3. The van der Waals surface area contributed by atoms with Crippen LogP contribution >= 0.6 is 0 Å². The summed E-state index contributed by atoms with van der Waals surface area (Å²) >= 11 is 0. The number of nitrogens with zero attached hydrogens (tertiary/aromatic N) is 3. The first-order valence-corrected chi connectivity index (χ1v) is 12.7. The molecule has 1 fully saturated rings. The van der Waals surface area contributed by atoms with Gasteiger partial charge in [-0.25, -0.2) is 14.4 Å². The number of hydrogen-bond donors (Lipinski definition) is 3. The average Bonchev–Trinajstić information content (AvgIpc) is 3.40. The topological polar surface area (TPSA) is 113 Å². The Labute approximate surface area is 215 Å². The van der Waals surface area contributed by atoms with Crippen molar-refractivity contribution in [3.05, 3.63) is 70.8 Å². The lowest BCUT2D eigenvalue weighted by atomic mass is 9.93. The van der Waals surface area contributed by atoms with E-state index in [4.69, 9.17) is 9.15 Å². The predicted molar refractivity (Wildman–Crippen MR) is 135 cm³/mol. The number of anilines is 1. The number of oxazole rings is 1. The van der Waals surface area contributed by atoms with Gasteiger partial charge in [0.15, 0.2) is 12.2 Å². The summed E-state index contributed by atoms with van der Waals surface area (Å²) in [4.78, 5) is 22.8. The first-order chi connectivity index (χ1) is 18.0. The van der Waals surface area contributed by atoms with E-state index in [2.05, 4.69) is 20.6 Å². The molecule has 1 amide bonds. The van der Waals surface area contributed by atoms with Gasteiger partial charge in [0.05, 0.1) is 12.3 Å². The second-order valence-corrected chi connectivity index (χ2v) is 9.75. The number of aliphatic hydroxyl groups is 1. The zero-order chi connectivity index (χ0) is 25.8. The summed E-state index contributed by atoms with van der Waals surface area (Å²) in [7, 11) is 0. The molecule has 0 spiro atoms. The van der Waals surface area contributed by atoms with Gasteiger partial charge in [0.2, 0.25) is 0 Å². The quantitative estimate of drug-likeness (QED) is 0.382. The predicted octanol–water partition coefficient (Wildman–Crippen LogP) is 3.21. The number of pyridine rings is 1. The van der Waals surface area contributed by atoms with E-state index >= 15 is 0 Å². The zero-order valence-corrected chi connectivity index (χ0v) is 20.9. The Morgan fingerprint density at radius 2 is 2.22 bits per heavy atom. The number of nitrogens with one attached hydrogen (secondary N) is 2. The molecule has 9 nitrogen and oxygen atoms in total. The fraction of sp³-hybridized carbons (Fsp3) is 0.444. The van der Waals surface area contributed by atoms with Gasteiger partial charge in [-0.15, -0.1) is 0 Å². The summed E-state index contributed by atoms with van der Waals surface area (Å²) in [5.74, 6) is 1.16. The minimum atomic E-state index is -0.784. The van der Waals surface area contributed by atoms with Gasteiger partial charge in [-0.3, -0.25) is 9.69 Å².